The van der Waals surface area contributed by atoms with Gasteiger partial charge in [0.25, 0.3) is 5.78 Å². The van der Waals surface area contributed by atoms with Crippen LogP contribution in [0.1, 0.15) is 15.9 Å². The number of carboxylic acid groups (broad SMARTS) is 1. The lowest BCUT2D eigenvalue weighted by molar-refractivity contribution is -0.137. The lowest BCUT2D eigenvalue weighted by Gasteiger charge is -2.08. The van der Waals surface area contributed by atoms with Gasteiger partial charge in [0.15, 0.2) is 0 Å². The number of Topliss-reactive ketones (excluding diaryl/α,β-unsaturated/α-hetero) is 1. The standard InChI is InChI=1S/C18H12F3NO3/c1-22-9-14(16(23)17(24)25)13-7-4-11(8-15(13)22)10-2-5-12(6-3-10)18(19,20)21/h2-9H,1H3,(H,24,25). The first-order chi connectivity index (χ1) is 11.7. The molecule has 0 atom stereocenters. The van der Waals surface area contributed by atoms with Gasteiger partial charge in [0.2, 0.25) is 0 Å². The van der Waals surface area contributed by atoms with Crippen LogP contribution in [0, 0.1) is 0 Å². The molecule has 128 valence electrons. The fourth-order valence-corrected chi connectivity index (χ4v) is 2.71. The Balaban J connectivity index is 2.06. The molecule has 0 spiro atoms. The molecule has 0 aliphatic carbocycles. The van der Waals surface area contributed by atoms with Gasteiger partial charge in [-0.15, -0.1) is 0 Å². The maximum Gasteiger partial charge on any atom is 0.416 e. The van der Waals surface area contributed by atoms with Crippen molar-refractivity contribution >= 4 is 22.7 Å². The summed E-state index contributed by atoms with van der Waals surface area (Å²) in [7, 11) is 1.66. The van der Waals surface area contributed by atoms with Gasteiger partial charge in [0.1, 0.15) is 0 Å². The molecule has 0 bridgehead atoms. The number of carbonyl (C=O) groups excluding carboxylic acids is 1. The minimum absolute atomic E-state index is 0.0731. The summed E-state index contributed by atoms with van der Waals surface area (Å²) in [6.45, 7) is 0. The molecule has 1 heterocycles. The highest BCUT2D eigenvalue weighted by Crippen LogP contribution is 2.32. The molecule has 7 heteroatoms. The SMILES string of the molecule is Cn1cc(C(=O)C(=O)O)c2ccc(-c3ccc(C(F)(F)F)cc3)cc21. The van der Waals surface area contributed by atoms with Crippen molar-refractivity contribution in [1.29, 1.82) is 0 Å². The minimum atomic E-state index is -4.40. The number of aliphatic carboxylic acids is 1. The molecule has 3 aromatic rings. The van der Waals surface area contributed by atoms with Gasteiger partial charge in [-0.3, -0.25) is 4.79 Å². The van der Waals surface area contributed by atoms with E-state index in [4.69, 9.17) is 5.11 Å². The third-order valence-corrected chi connectivity index (χ3v) is 3.98. The Morgan fingerprint density at radius 2 is 1.60 bits per heavy atom. The van der Waals surface area contributed by atoms with Crippen LogP contribution in [0.3, 0.4) is 0 Å². The number of ketones is 1. The predicted octanol–water partition coefficient (Wildman–Crippen LogP) is 4.13. The van der Waals surface area contributed by atoms with Gasteiger partial charge in [-0.1, -0.05) is 24.3 Å². The number of halogens is 3. The average Bonchev–Trinajstić information content (AvgIpc) is 2.90. The van der Waals surface area contributed by atoms with Gasteiger partial charge in [0, 0.05) is 24.1 Å². The van der Waals surface area contributed by atoms with Crippen molar-refractivity contribution < 1.29 is 27.9 Å². The van der Waals surface area contributed by atoms with Crippen molar-refractivity contribution in [2.24, 2.45) is 7.05 Å². The van der Waals surface area contributed by atoms with Crippen LogP contribution in [0.25, 0.3) is 22.0 Å². The average molecular weight is 347 g/mol. The van der Waals surface area contributed by atoms with Crippen molar-refractivity contribution in [2.45, 2.75) is 6.18 Å². The van der Waals surface area contributed by atoms with E-state index >= 15 is 0 Å². The summed E-state index contributed by atoms with van der Waals surface area (Å²) in [5, 5.41) is 9.36. The van der Waals surface area contributed by atoms with Crippen LogP contribution in [-0.2, 0) is 18.0 Å². The van der Waals surface area contributed by atoms with Gasteiger partial charge in [-0.05, 0) is 29.3 Å². The van der Waals surface area contributed by atoms with E-state index in [1.54, 1.807) is 29.8 Å². The van der Waals surface area contributed by atoms with E-state index in [0.29, 0.717) is 22.0 Å². The number of aryl methyl sites for hydroxylation is 1. The Bertz CT molecular complexity index is 985. The van der Waals surface area contributed by atoms with E-state index in [1.165, 1.54) is 18.3 Å². The molecule has 4 nitrogen and oxygen atoms in total. The summed E-state index contributed by atoms with van der Waals surface area (Å²) >= 11 is 0. The predicted molar refractivity (Wildman–Crippen MR) is 85.3 cm³/mol. The van der Waals surface area contributed by atoms with Crippen LogP contribution in [0.4, 0.5) is 13.2 Å². The zero-order chi connectivity index (χ0) is 18.4. The van der Waals surface area contributed by atoms with Crippen LogP contribution in [0.2, 0.25) is 0 Å². The van der Waals surface area contributed by atoms with Crippen LogP contribution < -0.4 is 0 Å². The van der Waals surface area contributed by atoms with Crippen molar-refractivity contribution in [2.75, 3.05) is 0 Å². The van der Waals surface area contributed by atoms with E-state index in [-0.39, 0.29) is 5.56 Å². The summed E-state index contributed by atoms with van der Waals surface area (Å²) in [5.74, 6) is -2.55. The molecule has 0 aliphatic rings. The van der Waals surface area contributed by atoms with Crippen molar-refractivity contribution in [3.63, 3.8) is 0 Å². The quantitative estimate of drug-likeness (QED) is 0.572. The van der Waals surface area contributed by atoms with E-state index < -0.39 is 23.5 Å². The lowest BCUT2D eigenvalue weighted by Crippen LogP contribution is -2.12. The third kappa shape index (κ3) is 3.00. The van der Waals surface area contributed by atoms with Gasteiger partial charge in [-0.2, -0.15) is 13.2 Å². The molecule has 1 N–H and O–H groups in total. The summed E-state index contributed by atoms with van der Waals surface area (Å²) in [5.41, 5.74) is 1.20. The highest BCUT2D eigenvalue weighted by Gasteiger charge is 2.30. The van der Waals surface area contributed by atoms with Gasteiger partial charge in [-0.25, -0.2) is 4.79 Å². The zero-order valence-electron chi connectivity index (χ0n) is 13.0. The molecular formula is C18H12F3NO3. The Labute approximate surface area is 140 Å². The number of aromatic nitrogens is 1. The Hall–Kier alpha value is -3.09. The molecule has 0 unspecified atom stereocenters. The number of nitrogens with zero attached hydrogens (tertiary/aromatic N) is 1. The number of carboxylic acids is 1. The maximum absolute atomic E-state index is 12.6. The number of fused-ring (bicyclic) bond motifs is 1. The smallest absolute Gasteiger partial charge is 0.416 e. The molecule has 0 saturated carbocycles. The number of benzene rings is 2. The molecule has 25 heavy (non-hydrogen) atoms. The Kier molecular flexibility index (Phi) is 3.87. The molecule has 0 radical (unpaired) electrons. The first kappa shape index (κ1) is 16.8. The lowest BCUT2D eigenvalue weighted by atomic mass is 10.0. The number of hydrogen-bond acceptors (Lipinski definition) is 2. The van der Waals surface area contributed by atoms with Crippen LogP contribution >= 0.6 is 0 Å². The molecule has 3 rings (SSSR count). The minimum Gasteiger partial charge on any atom is -0.475 e. The van der Waals surface area contributed by atoms with E-state index in [0.717, 1.165) is 12.1 Å². The van der Waals surface area contributed by atoms with Gasteiger partial charge < -0.3 is 9.67 Å². The Morgan fingerprint density at radius 3 is 2.16 bits per heavy atom. The summed E-state index contributed by atoms with van der Waals surface area (Å²) in [6, 6.07) is 9.69. The first-order valence-corrected chi connectivity index (χ1v) is 7.23. The van der Waals surface area contributed by atoms with Crippen LogP contribution in [-0.4, -0.2) is 21.4 Å². The van der Waals surface area contributed by atoms with Crippen molar-refractivity contribution in [3.8, 4) is 11.1 Å². The molecule has 0 fully saturated rings. The maximum atomic E-state index is 12.6. The molecule has 0 saturated heterocycles. The van der Waals surface area contributed by atoms with Crippen molar-refractivity contribution in [3.05, 3.63) is 59.8 Å². The van der Waals surface area contributed by atoms with Gasteiger partial charge in [0.05, 0.1) is 11.1 Å². The number of hydrogen-bond donors (Lipinski definition) is 1. The van der Waals surface area contributed by atoms with Crippen LogP contribution in [0.5, 0.6) is 0 Å². The number of rotatable bonds is 3. The van der Waals surface area contributed by atoms with Gasteiger partial charge >= 0.3 is 12.1 Å². The molecule has 2 aromatic carbocycles. The summed E-state index contributed by atoms with van der Waals surface area (Å²) in [6.07, 6.45) is -2.97. The first-order valence-electron chi connectivity index (χ1n) is 7.23. The normalized spacial score (nSPS) is 11.7. The highest BCUT2D eigenvalue weighted by atomic mass is 19.4. The fourth-order valence-electron chi connectivity index (χ4n) is 2.71. The topological polar surface area (TPSA) is 59.3 Å². The summed E-state index contributed by atoms with van der Waals surface area (Å²) < 4.78 is 39.5. The van der Waals surface area contributed by atoms with E-state index in [1.807, 2.05) is 0 Å². The second-order valence-electron chi connectivity index (χ2n) is 5.59. The van der Waals surface area contributed by atoms with E-state index in [2.05, 4.69) is 0 Å². The van der Waals surface area contributed by atoms with Crippen molar-refractivity contribution in [1.82, 2.24) is 4.57 Å². The highest BCUT2D eigenvalue weighted by molar-refractivity contribution is 6.42. The molecular weight excluding hydrogens is 335 g/mol. The summed E-state index contributed by atoms with van der Waals surface area (Å²) in [4.78, 5) is 22.6. The zero-order valence-corrected chi connectivity index (χ0v) is 13.0. The number of carbonyl (C=O) groups is 2. The number of alkyl halides is 3. The molecule has 0 amide bonds. The van der Waals surface area contributed by atoms with E-state index in [9.17, 15) is 22.8 Å². The largest absolute Gasteiger partial charge is 0.475 e. The monoisotopic (exact) mass is 347 g/mol. The van der Waals surface area contributed by atoms with Crippen LogP contribution in [0.15, 0.2) is 48.7 Å². The second kappa shape index (κ2) is 5.77. The third-order valence-electron chi connectivity index (χ3n) is 3.98. The fraction of sp³-hybridized carbons (Fsp3) is 0.111. The Morgan fingerprint density at radius 1 is 1.00 bits per heavy atom. The molecule has 0 aliphatic heterocycles. The molecule has 1 aromatic heterocycles. The second-order valence-corrected chi connectivity index (χ2v) is 5.59.